The number of likely N-dealkylation sites (tertiary alicyclic amines) is 1. The van der Waals surface area contributed by atoms with Crippen molar-refractivity contribution >= 4 is 23.2 Å². The third-order valence-corrected chi connectivity index (χ3v) is 5.51. The number of hydrogen-bond donors (Lipinski definition) is 1. The molecule has 1 aliphatic rings. The highest BCUT2D eigenvalue weighted by Gasteiger charge is 2.27. The maximum Gasteiger partial charge on any atom is 0.263 e. The van der Waals surface area contributed by atoms with Gasteiger partial charge in [-0.15, -0.1) is 11.3 Å². The topological polar surface area (TPSA) is 72.6 Å². The number of thiophene rings is 1. The fraction of sp³-hybridized carbons (Fsp3) is 0.368. The predicted molar refractivity (Wildman–Crippen MR) is 97.7 cm³/mol. The molecule has 5 nitrogen and oxygen atoms in total. The number of carbonyl (C=O) groups is 2. The molecule has 1 unspecified atom stereocenters. The second kappa shape index (κ2) is 7.80. The average molecular weight is 358 g/mol. The summed E-state index contributed by atoms with van der Waals surface area (Å²) in [5, 5.41) is 0. The lowest BCUT2D eigenvalue weighted by molar-refractivity contribution is 0.0791. The van der Waals surface area contributed by atoms with E-state index in [1.165, 1.54) is 11.3 Å². The fourth-order valence-corrected chi connectivity index (χ4v) is 4.18. The van der Waals surface area contributed by atoms with E-state index >= 15 is 0 Å². The van der Waals surface area contributed by atoms with Gasteiger partial charge in [-0.05, 0) is 48.6 Å². The summed E-state index contributed by atoms with van der Waals surface area (Å²) in [5.74, 6) is 0.0980. The van der Waals surface area contributed by atoms with Gasteiger partial charge >= 0.3 is 0 Å². The number of primary amides is 1. The van der Waals surface area contributed by atoms with Crippen molar-refractivity contribution in [3.05, 3.63) is 57.3 Å². The van der Waals surface area contributed by atoms with Crippen molar-refractivity contribution in [3.8, 4) is 0 Å². The van der Waals surface area contributed by atoms with E-state index in [1.807, 2.05) is 35.2 Å². The molecule has 0 saturated carbocycles. The molecule has 0 radical (unpaired) electrons. The third-order valence-electron chi connectivity index (χ3n) is 4.47. The number of hydrogen-bond acceptors (Lipinski definition) is 4. The molecule has 0 aliphatic carbocycles. The van der Waals surface area contributed by atoms with Crippen molar-refractivity contribution in [1.82, 2.24) is 4.90 Å². The van der Waals surface area contributed by atoms with E-state index in [0.29, 0.717) is 18.1 Å². The average Bonchev–Trinajstić information content (AvgIpc) is 3.24. The Morgan fingerprint density at radius 3 is 2.92 bits per heavy atom. The normalized spacial score (nSPS) is 17.0. The molecule has 2 heterocycles. The van der Waals surface area contributed by atoms with Crippen LogP contribution in [0.3, 0.4) is 0 Å². The van der Waals surface area contributed by atoms with Gasteiger partial charge in [-0.2, -0.15) is 0 Å². The second-order valence-electron chi connectivity index (χ2n) is 6.37. The second-order valence-corrected chi connectivity index (χ2v) is 7.54. The van der Waals surface area contributed by atoms with Crippen LogP contribution in [0.1, 0.15) is 36.9 Å². The number of nitrogens with zero attached hydrogens (tertiary/aromatic N) is 1. The Kier molecular flexibility index (Phi) is 5.50. The highest BCUT2D eigenvalue weighted by molar-refractivity contribution is 7.14. The zero-order chi connectivity index (χ0) is 17.8. The monoisotopic (exact) mass is 358 g/mol. The molecule has 1 fully saturated rings. The summed E-state index contributed by atoms with van der Waals surface area (Å²) in [4.78, 5) is 27.7. The molecule has 1 aromatic carbocycles. The van der Waals surface area contributed by atoms with Crippen molar-refractivity contribution in [3.63, 3.8) is 0 Å². The van der Waals surface area contributed by atoms with Crippen molar-refractivity contribution in [2.24, 2.45) is 11.7 Å². The van der Waals surface area contributed by atoms with Crippen molar-refractivity contribution in [2.75, 3.05) is 20.2 Å². The summed E-state index contributed by atoms with van der Waals surface area (Å²) in [6.07, 6.45) is 1.83. The lowest BCUT2D eigenvalue weighted by Crippen LogP contribution is -2.28. The van der Waals surface area contributed by atoms with E-state index in [1.54, 1.807) is 13.2 Å². The number of methoxy groups -OCH3 is 1. The Morgan fingerprint density at radius 2 is 2.16 bits per heavy atom. The molecule has 25 heavy (non-hydrogen) atoms. The first-order valence-corrected chi connectivity index (χ1v) is 9.14. The molecule has 132 valence electrons. The summed E-state index contributed by atoms with van der Waals surface area (Å²) >= 11 is 1.50. The number of nitrogens with two attached hydrogens (primary N) is 1. The van der Waals surface area contributed by atoms with Gasteiger partial charge in [0, 0.05) is 30.6 Å². The van der Waals surface area contributed by atoms with Crippen molar-refractivity contribution < 1.29 is 14.3 Å². The first kappa shape index (κ1) is 17.6. The SMILES string of the molecule is COCc1ccc(C(=O)N2CCC(Cc3cccc(C(N)=O)c3)C2)s1. The standard InChI is InChI=1S/C19H22N2O3S/c1-24-12-16-5-6-17(25-16)19(23)21-8-7-14(11-21)9-13-3-2-4-15(10-13)18(20)22/h2-6,10,14H,7-9,11-12H2,1H3,(H2,20,22). The van der Waals surface area contributed by atoms with Crippen LogP contribution in [0.5, 0.6) is 0 Å². The molecule has 3 rings (SSSR count). The lowest BCUT2D eigenvalue weighted by atomic mass is 9.97. The van der Waals surface area contributed by atoms with Crippen molar-refractivity contribution in [1.29, 1.82) is 0 Å². The van der Waals surface area contributed by atoms with Gasteiger partial charge in [0.15, 0.2) is 0 Å². The van der Waals surface area contributed by atoms with Crippen LogP contribution in [-0.2, 0) is 17.8 Å². The third kappa shape index (κ3) is 4.27. The molecule has 1 aliphatic heterocycles. The molecule has 2 amide bonds. The lowest BCUT2D eigenvalue weighted by Gasteiger charge is -2.16. The number of rotatable bonds is 6. The molecule has 2 N–H and O–H groups in total. The zero-order valence-corrected chi connectivity index (χ0v) is 15.1. The molecule has 2 aromatic rings. The minimum absolute atomic E-state index is 0.0979. The van der Waals surface area contributed by atoms with Gasteiger partial charge in [0.25, 0.3) is 5.91 Å². The predicted octanol–water partition coefficient (Wildman–Crippen LogP) is 2.70. The van der Waals surface area contributed by atoms with Gasteiger partial charge in [-0.3, -0.25) is 9.59 Å². The van der Waals surface area contributed by atoms with Gasteiger partial charge < -0.3 is 15.4 Å². The van der Waals surface area contributed by atoms with Gasteiger partial charge in [0.05, 0.1) is 11.5 Å². The van der Waals surface area contributed by atoms with E-state index in [4.69, 9.17) is 10.5 Å². The summed E-state index contributed by atoms with van der Waals surface area (Å²) in [6, 6.07) is 11.3. The van der Waals surface area contributed by atoms with Crippen LogP contribution >= 0.6 is 11.3 Å². The number of amides is 2. The summed E-state index contributed by atoms with van der Waals surface area (Å²) in [5.41, 5.74) is 6.97. The van der Waals surface area contributed by atoms with Crippen LogP contribution in [0.4, 0.5) is 0 Å². The maximum absolute atomic E-state index is 12.6. The van der Waals surface area contributed by atoms with Crippen LogP contribution in [0.25, 0.3) is 0 Å². The Balaban J connectivity index is 1.60. The van der Waals surface area contributed by atoms with E-state index in [2.05, 4.69) is 0 Å². The summed E-state index contributed by atoms with van der Waals surface area (Å²) in [6.45, 7) is 2.06. The maximum atomic E-state index is 12.6. The molecule has 6 heteroatoms. The van der Waals surface area contributed by atoms with Gasteiger partial charge in [-0.25, -0.2) is 0 Å². The first-order valence-electron chi connectivity index (χ1n) is 8.32. The first-order chi connectivity index (χ1) is 12.1. The highest BCUT2D eigenvalue weighted by atomic mass is 32.1. The fourth-order valence-electron chi connectivity index (χ4n) is 3.24. The molecule has 1 saturated heterocycles. The smallest absolute Gasteiger partial charge is 0.263 e. The van der Waals surface area contributed by atoms with Gasteiger partial charge in [-0.1, -0.05) is 12.1 Å². The molecule has 1 atom stereocenters. The molecular formula is C19H22N2O3S. The zero-order valence-electron chi connectivity index (χ0n) is 14.2. The minimum atomic E-state index is -0.408. The summed E-state index contributed by atoms with van der Waals surface area (Å²) in [7, 11) is 1.65. The van der Waals surface area contributed by atoms with Crippen LogP contribution in [0, 0.1) is 5.92 Å². The molecular weight excluding hydrogens is 336 g/mol. The Bertz CT molecular complexity index is 772. The van der Waals surface area contributed by atoms with Crippen LogP contribution in [-0.4, -0.2) is 36.9 Å². The minimum Gasteiger partial charge on any atom is -0.379 e. The van der Waals surface area contributed by atoms with E-state index in [-0.39, 0.29) is 5.91 Å². The van der Waals surface area contributed by atoms with Gasteiger partial charge in [0.2, 0.25) is 5.91 Å². The van der Waals surface area contributed by atoms with Crippen LogP contribution in [0.2, 0.25) is 0 Å². The summed E-state index contributed by atoms with van der Waals surface area (Å²) < 4.78 is 5.11. The number of carbonyl (C=O) groups excluding carboxylic acids is 2. The number of benzene rings is 1. The van der Waals surface area contributed by atoms with Crippen LogP contribution in [0.15, 0.2) is 36.4 Å². The van der Waals surface area contributed by atoms with E-state index < -0.39 is 5.91 Å². The highest BCUT2D eigenvalue weighted by Crippen LogP contribution is 2.25. The number of ether oxygens (including phenoxy) is 1. The van der Waals surface area contributed by atoms with Crippen LogP contribution < -0.4 is 5.73 Å². The van der Waals surface area contributed by atoms with Crippen molar-refractivity contribution in [2.45, 2.75) is 19.4 Å². The largest absolute Gasteiger partial charge is 0.379 e. The molecule has 0 spiro atoms. The Hall–Kier alpha value is -2.18. The molecule has 1 aromatic heterocycles. The van der Waals surface area contributed by atoms with E-state index in [0.717, 1.165) is 41.2 Å². The Morgan fingerprint density at radius 1 is 1.32 bits per heavy atom. The Labute approximate surface area is 151 Å². The van der Waals surface area contributed by atoms with Gasteiger partial charge in [0.1, 0.15) is 0 Å². The van der Waals surface area contributed by atoms with E-state index in [9.17, 15) is 9.59 Å². The quantitative estimate of drug-likeness (QED) is 0.863. The molecule has 0 bridgehead atoms.